The molecule has 2 aliphatic heterocycles. The molecule has 6 heteroatoms. The van der Waals surface area contributed by atoms with Crippen LogP contribution in [-0.4, -0.2) is 32.6 Å². The first-order valence-corrected chi connectivity index (χ1v) is 11.1. The minimum absolute atomic E-state index is 0.0665. The van der Waals surface area contributed by atoms with Crippen LogP contribution in [0.3, 0.4) is 0 Å². The fraction of sp³-hybridized carbons (Fsp3) is 0.440. The fourth-order valence-electron chi connectivity index (χ4n) is 4.44. The second-order valence-electron chi connectivity index (χ2n) is 9.54. The molecule has 2 N–H and O–H groups in total. The van der Waals surface area contributed by atoms with Crippen LogP contribution < -0.4 is 15.6 Å². The Kier molecular flexibility index (Phi) is 5.52. The van der Waals surface area contributed by atoms with Gasteiger partial charge in [-0.1, -0.05) is 38.6 Å². The molecule has 0 aliphatic carbocycles. The number of hydrazine groups is 1. The summed E-state index contributed by atoms with van der Waals surface area (Å²) >= 11 is 0. The number of fused-ring (bicyclic) bond motifs is 1. The number of nitrogens with zero attached hydrogens (tertiary/aromatic N) is 4. The molecular weight excluding hydrogens is 384 g/mol. The molecule has 0 saturated carbocycles. The van der Waals surface area contributed by atoms with Gasteiger partial charge in [0, 0.05) is 23.8 Å². The maximum Gasteiger partial charge on any atom is 0.138 e. The van der Waals surface area contributed by atoms with E-state index in [0.717, 1.165) is 61.1 Å². The molecule has 1 fully saturated rings. The van der Waals surface area contributed by atoms with Crippen LogP contribution >= 0.6 is 0 Å². The summed E-state index contributed by atoms with van der Waals surface area (Å²) in [5, 5.41) is 5.58. The van der Waals surface area contributed by atoms with E-state index in [2.05, 4.69) is 78.6 Å². The zero-order chi connectivity index (χ0) is 22.2. The first-order chi connectivity index (χ1) is 14.7. The van der Waals surface area contributed by atoms with Crippen LogP contribution in [0.2, 0.25) is 0 Å². The van der Waals surface area contributed by atoms with E-state index in [0.29, 0.717) is 0 Å². The van der Waals surface area contributed by atoms with Crippen LogP contribution in [0.15, 0.2) is 55.5 Å². The summed E-state index contributed by atoms with van der Waals surface area (Å²) in [4.78, 5) is 11.8. The molecule has 0 amide bonds. The average molecular weight is 419 g/mol. The van der Waals surface area contributed by atoms with E-state index in [4.69, 9.17) is 4.98 Å². The number of hydrogen-bond acceptors (Lipinski definition) is 6. The van der Waals surface area contributed by atoms with Crippen molar-refractivity contribution in [1.82, 2.24) is 20.4 Å². The van der Waals surface area contributed by atoms with Gasteiger partial charge >= 0.3 is 0 Å². The molecule has 4 heterocycles. The smallest absolute Gasteiger partial charge is 0.138 e. The molecule has 0 radical (unpaired) electrons. The summed E-state index contributed by atoms with van der Waals surface area (Å²) in [5.74, 6) is 2.54. The van der Waals surface area contributed by atoms with E-state index < -0.39 is 0 Å². The zero-order valence-corrected chi connectivity index (χ0v) is 19.2. The molecule has 164 valence electrons. The molecule has 0 spiro atoms. The van der Waals surface area contributed by atoms with E-state index >= 15 is 0 Å². The number of hydrogen-bond donors (Lipinski definition) is 2. The van der Waals surface area contributed by atoms with E-state index in [9.17, 15) is 0 Å². The van der Waals surface area contributed by atoms with Gasteiger partial charge in [0.25, 0.3) is 0 Å². The van der Waals surface area contributed by atoms with Gasteiger partial charge in [0.1, 0.15) is 17.5 Å². The van der Waals surface area contributed by atoms with Crippen molar-refractivity contribution >= 4 is 17.3 Å². The Labute approximate surface area is 186 Å². The number of rotatable bonds is 8. The van der Waals surface area contributed by atoms with Crippen molar-refractivity contribution in [3.8, 4) is 0 Å². The Morgan fingerprint density at radius 2 is 1.94 bits per heavy atom. The Hall–Kier alpha value is -2.86. The molecule has 31 heavy (non-hydrogen) atoms. The van der Waals surface area contributed by atoms with E-state index in [-0.39, 0.29) is 11.1 Å². The predicted octanol–water partition coefficient (Wildman–Crippen LogP) is 4.94. The third-order valence-corrected chi connectivity index (χ3v) is 6.39. The lowest BCUT2D eigenvalue weighted by Crippen LogP contribution is -2.51. The van der Waals surface area contributed by atoms with Gasteiger partial charge in [-0.3, -0.25) is 0 Å². The summed E-state index contributed by atoms with van der Waals surface area (Å²) in [5.41, 5.74) is 6.43. The highest BCUT2D eigenvalue weighted by Crippen LogP contribution is 2.41. The van der Waals surface area contributed by atoms with Crippen molar-refractivity contribution in [3.63, 3.8) is 0 Å². The topological polar surface area (TPSA) is 56.1 Å². The standard InChI is InChI=1S/C25H34N6/c1-7-14-25(6)15-13-20-11-12-21(18(2)29-30-17-24(30,4)5)28-23(20)31(25)19(3)27-22-10-8-9-16-26-22/h8-12,16,29H,2-3,7,13-15,17H2,1,4-6H3,(H,26,27). The first-order valence-electron chi connectivity index (χ1n) is 11.1. The second-order valence-corrected chi connectivity index (χ2v) is 9.54. The monoisotopic (exact) mass is 418 g/mol. The van der Waals surface area contributed by atoms with Gasteiger partial charge < -0.3 is 15.6 Å². The molecule has 2 aromatic heterocycles. The minimum atomic E-state index is -0.0665. The summed E-state index contributed by atoms with van der Waals surface area (Å²) in [6.45, 7) is 18.6. The lowest BCUT2D eigenvalue weighted by atomic mass is 9.83. The summed E-state index contributed by atoms with van der Waals surface area (Å²) in [7, 11) is 0. The van der Waals surface area contributed by atoms with Crippen molar-refractivity contribution in [2.24, 2.45) is 0 Å². The molecule has 2 aromatic rings. The van der Waals surface area contributed by atoms with E-state index in [1.165, 1.54) is 5.56 Å². The van der Waals surface area contributed by atoms with Crippen molar-refractivity contribution in [3.05, 3.63) is 66.8 Å². The van der Waals surface area contributed by atoms with Crippen LogP contribution in [0.5, 0.6) is 0 Å². The maximum absolute atomic E-state index is 5.08. The van der Waals surface area contributed by atoms with Gasteiger partial charge in [-0.25, -0.2) is 15.0 Å². The highest BCUT2D eigenvalue weighted by molar-refractivity contribution is 5.66. The average Bonchev–Trinajstić information content (AvgIpc) is 3.33. The molecule has 1 saturated heterocycles. The number of aryl methyl sites for hydroxylation is 1. The largest absolute Gasteiger partial charge is 0.327 e. The second kappa shape index (κ2) is 8.00. The molecule has 0 bridgehead atoms. The number of nitrogens with one attached hydrogen (secondary N) is 2. The Morgan fingerprint density at radius 3 is 2.58 bits per heavy atom. The first kappa shape index (κ1) is 21.4. The molecule has 2 aliphatic rings. The van der Waals surface area contributed by atoms with E-state index in [1.54, 1.807) is 6.20 Å². The molecule has 0 aromatic carbocycles. The maximum atomic E-state index is 5.08. The lowest BCUT2D eigenvalue weighted by Gasteiger charge is -2.47. The molecule has 6 nitrogen and oxygen atoms in total. The molecule has 2 atom stereocenters. The van der Waals surface area contributed by atoms with Gasteiger partial charge in [-0.15, -0.1) is 0 Å². The summed E-state index contributed by atoms with van der Waals surface area (Å²) in [6, 6.07) is 10.1. The van der Waals surface area contributed by atoms with Crippen LogP contribution in [0.25, 0.3) is 5.70 Å². The molecule has 2 unspecified atom stereocenters. The third kappa shape index (κ3) is 4.30. The van der Waals surface area contributed by atoms with Gasteiger partial charge in [0.05, 0.1) is 11.4 Å². The highest BCUT2D eigenvalue weighted by atomic mass is 15.6. The molecular formula is C25H34N6. The number of aromatic nitrogens is 2. The SMILES string of the molecule is C=C(NN1CC1(C)C)c1ccc2c(n1)N(C(=C)Nc1ccccn1)C(C)(CCC)CC2. The van der Waals surface area contributed by atoms with Crippen molar-refractivity contribution < 1.29 is 0 Å². The fourth-order valence-corrected chi connectivity index (χ4v) is 4.44. The highest BCUT2D eigenvalue weighted by Gasteiger charge is 2.44. The van der Waals surface area contributed by atoms with E-state index in [1.807, 2.05) is 18.2 Å². The third-order valence-electron chi connectivity index (χ3n) is 6.39. The van der Waals surface area contributed by atoms with Gasteiger partial charge in [-0.05, 0) is 63.8 Å². The van der Waals surface area contributed by atoms with Crippen LogP contribution in [0.1, 0.15) is 58.2 Å². The van der Waals surface area contributed by atoms with Crippen molar-refractivity contribution in [1.29, 1.82) is 0 Å². The quantitative estimate of drug-likeness (QED) is 0.592. The predicted molar refractivity (Wildman–Crippen MR) is 128 cm³/mol. The van der Waals surface area contributed by atoms with Crippen LogP contribution in [0, 0.1) is 0 Å². The minimum Gasteiger partial charge on any atom is -0.327 e. The Balaban J connectivity index is 1.66. The van der Waals surface area contributed by atoms with Gasteiger partial charge in [-0.2, -0.15) is 0 Å². The summed E-state index contributed by atoms with van der Waals surface area (Å²) in [6.07, 6.45) is 6.00. The Bertz CT molecular complexity index is 983. The Morgan fingerprint density at radius 1 is 1.16 bits per heavy atom. The molecule has 4 rings (SSSR count). The normalized spacial score (nSPS) is 23.6. The lowest BCUT2D eigenvalue weighted by molar-refractivity contribution is 0.363. The van der Waals surface area contributed by atoms with Gasteiger partial charge in [0.2, 0.25) is 0 Å². The number of anilines is 2. The van der Waals surface area contributed by atoms with Crippen molar-refractivity contribution in [2.75, 3.05) is 16.8 Å². The summed E-state index contributed by atoms with van der Waals surface area (Å²) < 4.78 is 0. The van der Waals surface area contributed by atoms with Crippen LogP contribution in [0.4, 0.5) is 11.6 Å². The van der Waals surface area contributed by atoms with Crippen molar-refractivity contribution in [2.45, 2.75) is 64.5 Å². The van der Waals surface area contributed by atoms with Gasteiger partial charge in [0.15, 0.2) is 0 Å². The number of pyridine rings is 2. The zero-order valence-electron chi connectivity index (χ0n) is 19.2. The van der Waals surface area contributed by atoms with Crippen LogP contribution in [-0.2, 0) is 6.42 Å².